The van der Waals surface area contributed by atoms with Crippen LogP contribution >= 0.6 is 11.8 Å². The number of hydrogen-bond acceptors (Lipinski definition) is 7. The van der Waals surface area contributed by atoms with Gasteiger partial charge in [-0.1, -0.05) is 0 Å². The Morgan fingerprint density at radius 1 is 1.14 bits per heavy atom. The minimum Gasteiger partial charge on any atom is -0.481 e. The molecule has 0 radical (unpaired) electrons. The molecule has 4 unspecified atom stereocenters. The Kier molecular flexibility index (Phi) is 9.89. The lowest BCUT2D eigenvalue weighted by Crippen LogP contribution is -2.57. The first-order valence-corrected chi connectivity index (χ1v) is 10.6. The van der Waals surface area contributed by atoms with E-state index in [0.717, 1.165) is 0 Å². The van der Waals surface area contributed by atoms with Crippen LogP contribution in [0.4, 0.5) is 0 Å². The highest BCUT2D eigenvalue weighted by Crippen LogP contribution is 2.19. The van der Waals surface area contributed by atoms with Crippen LogP contribution in [-0.2, 0) is 24.0 Å². The van der Waals surface area contributed by atoms with Crippen molar-refractivity contribution in [2.45, 2.75) is 56.8 Å². The Hall–Kier alpha value is -2.34. The quantitative estimate of drug-likeness (QED) is 0.263. The molecule has 0 aromatic carbocycles. The molecule has 1 fully saturated rings. The number of carbonyl (C=O) groups is 5. The van der Waals surface area contributed by atoms with E-state index in [0.29, 0.717) is 18.6 Å². The van der Waals surface area contributed by atoms with Crippen LogP contribution in [-0.4, -0.2) is 87.5 Å². The molecular formula is C17H28N4O7S. The Balaban J connectivity index is 2.96. The molecule has 3 amide bonds. The summed E-state index contributed by atoms with van der Waals surface area (Å²) in [6.45, 7) is 1.65. The molecule has 4 atom stereocenters. The number of carboxylic acid groups (broad SMARTS) is 2. The number of hydrogen-bond donors (Lipinski definition) is 5. The molecule has 0 saturated carbocycles. The summed E-state index contributed by atoms with van der Waals surface area (Å²) in [5.74, 6) is -4.00. The van der Waals surface area contributed by atoms with Crippen molar-refractivity contribution in [2.24, 2.45) is 5.73 Å². The van der Waals surface area contributed by atoms with Gasteiger partial charge < -0.3 is 31.5 Å². The number of nitrogens with two attached hydrogens (primary N) is 1. The Labute approximate surface area is 172 Å². The zero-order valence-electron chi connectivity index (χ0n) is 16.4. The molecule has 1 rings (SSSR count). The maximum atomic E-state index is 12.9. The first-order chi connectivity index (χ1) is 13.6. The van der Waals surface area contributed by atoms with Gasteiger partial charge >= 0.3 is 11.9 Å². The first-order valence-electron chi connectivity index (χ1n) is 9.18. The standard InChI is InChI=1S/C17H28N4O7S/c1-9(18)14(24)20-11(8-13(22)23)15(25)19-10(5-7-29-2)16(26)21-6-3-4-12(21)17(27)28/h9-12H,3-8,18H2,1-2H3,(H,19,25)(H,20,24)(H,22,23)(H,27,28). The van der Waals surface area contributed by atoms with Crippen molar-refractivity contribution in [3.05, 3.63) is 0 Å². The van der Waals surface area contributed by atoms with E-state index in [-0.39, 0.29) is 13.0 Å². The van der Waals surface area contributed by atoms with Gasteiger partial charge in [0.15, 0.2) is 0 Å². The highest BCUT2D eigenvalue weighted by atomic mass is 32.2. The van der Waals surface area contributed by atoms with Gasteiger partial charge in [0.25, 0.3) is 0 Å². The molecule has 1 aliphatic heterocycles. The molecular weight excluding hydrogens is 404 g/mol. The summed E-state index contributed by atoms with van der Waals surface area (Å²) in [6, 6.07) is -4.35. The van der Waals surface area contributed by atoms with Gasteiger partial charge in [0, 0.05) is 6.54 Å². The fourth-order valence-corrected chi connectivity index (χ4v) is 3.41. The number of amides is 3. The maximum Gasteiger partial charge on any atom is 0.326 e. The van der Waals surface area contributed by atoms with Gasteiger partial charge in [0.1, 0.15) is 18.1 Å². The Morgan fingerprint density at radius 3 is 2.28 bits per heavy atom. The lowest BCUT2D eigenvalue weighted by molar-refractivity contribution is -0.149. The smallest absolute Gasteiger partial charge is 0.326 e. The van der Waals surface area contributed by atoms with E-state index >= 15 is 0 Å². The minimum absolute atomic E-state index is 0.232. The normalized spacial score (nSPS) is 19.1. The van der Waals surface area contributed by atoms with Crippen molar-refractivity contribution in [1.82, 2.24) is 15.5 Å². The van der Waals surface area contributed by atoms with Crippen molar-refractivity contribution in [2.75, 3.05) is 18.6 Å². The second kappa shape index (κ2) is 11.6. The van der Waals surface area contributed by atoms with Crippen molar-refractivity contribution < 1.29 is 34.2 Å². The molecule has 12 heteroatoms. The summed E-state index contributed by atoms with van der Waals surface area (Å²) in [7, 11) is 0. The zero-order chi connectivity index (χ0) is 22.1. The van der Waals surface area contributed by atoms with Gasteiger partial charge in [-0.05, 0) is 38.2 Å². The summed E-state index contributed by atoms with van der Waals surface area (Å²) in [4.78, 5) is 61.0. The molecule has 1 aliphatic rings. The number of rotatable bonds is 11. The number of nitrogens with zero attached hydrogens (tertiary/aromatic N) is 1. The van der Waals surface area contributed by atoms with E-state index in [4.69, 9.17) is 10.8 Å². The SMILES string of the molecule is CSCCC(NC(=O)C(CC(=O)O)NC(=O)C(C)N)C(=O)N1CCCC1C(=O)O. The van der Waals surface area contributed by atoms with Crippen molar-refractivity contribution >= 4 is 41.4 Å². The third-order valence-electron chi connectivity index (χ3n) is 4.47. The lowest BCUT2D eigenvalue weighted by Gasteiger charge is -2.28. The van der Waals surface area contributed by atoms with E-state index < -0.39 is 60.2 Å². The fourth-order valence-electron chi connectivity index (χ4n) is 2.94. The van der Waals surface area contributed by atoms with Crippen LogP contribution < -0.4 is 16.4 Å². The topological polar surface area (TPSA) is 179 Å². The lowest BCUT2D eigenvalue weighted by atomic mass is 10.1. The summed E-state index contributed by atoms with van der Waals surface area (Å²) in [5, 5.41) is 23.1. The molecule has 0 bridgehead atoms. The number of aliphatic carboxylic acids is 2. The van der Waals surface area contributed by atoms with Crippen LogP contribution in [0.25, 0.3) is 0 Å². The van der Waals surface area contributed by atoms with Gasteiger partial charge in [-0.2, -0.15) is 11.8 Å². The number of thioether (sulfide) groups is 1. The van der Waals surface area contributed by atoms with Gasteiger partial charge in [-0.3, -0.25) is 19.2 Å². The monoisotopic (exact) mass is 432 g/mol. The average Bonchev–Trinajstić information content (AvgIpc) is 3.13. The number of nitrogens with one attached hydrogen (secondary N) is 2. The van der Waals surface area contributed by atoms with Gasteiger partial charge in [-0.25, -0.2) is 4.79 Å². The second-order valence-electron chi connectivity index (χ2n) is 6.82. The number of carbonyl (C=O) groups excluding carboxylic acids is 3. The van der Waals surface area contributed by atoms with Crippen molar-refractivity contribution in [3.8, 4) is 0 Å². The second-order valence-corrected chi connectivity index (χ2v) is 7.80. The zero-order valence-corrected chi connectivity index (χ0v) is 17.2. The van der Waals surface area contributed by atoms with E-state index in [9.17, 15) is 29.1 Å². The Bertz CT molecular complexity index is 643. The summed E-state index contributed by atoms with van der Waals surface area (Å²) in [6.07, 6.45) is 2.23. The number of likely N-dealkylation sites (tertiary alicyclic amines) is 1. The molecule has 0 aliphatic carbocycles. The molecule has 0 spiro atoms. The molecule has 11 nitrogen and oxygen atoms in total. The fraction of sp³-hybridized carbons (Fsp3) is 0.706. The molecule has 164 valence electrons. The van der Waals surface area contributed by atoms with Crippen LogP contribution in [0, 0.1) is 0 Å². The third kappa shape index (κ3) is 7.54. The van der Waals surface area contributed by atoms with Crippen molar-refractivity contribution in [3.63, 3.8) is 0 Å². The third-order valence-corrected chi connectivity index (χ3v) is 5.12. The maximum absolute atomic E-state index is 12.9. The minimum atomic E-state index is -1.41. The van der Waals surface area contributed by atoms with Gasteiger partial charge in [0.05, 0.1) is 12.5 Å². The van der Waals surface area contributed by atoms with E-state index in [1.54, 1.807) is 0 Å². The van der Waals surface area contributed by atoms with Gasteiger partial charge in [-0.15, -0.1) is 0 Å². The predicted molar refractivity (Wildman–Crippen MR) is 105 cm³/mol. The number of carboxylic acids is 2. The average molecular weight is 432 g/mol. The van der Waals surface area contributed by atoms with E-state index in [2.05, 4.69) is 10.6 Å². The van der Waals surface area contributed by atoms with Gasteiger partial charge in [0.2, 0.25) is 17.7 Å². The van der Waals surface area contributed by atoms with E-state index in [1.165, 1.54) is 23.6 Å². The highest BCUT2D eigenvalue weighted by molar-refractivity contribution is 7.98. The van der Waals surface area contributed by atoms with Crippen LogP contribution in [0.5, 0.6) is 0 Å². The molecule has 0 aromatic rings. The summed E-state index contributed by atoms with van der Waals surface area (Å²) >= 11 is 1.44. The van der Waals surface area contributed by atoms with Crippen LogP contribution in [0.15, 0.2) is 0 Å². The largest absolute Gasteiger partial charge is 0.481 e. The molecule has 6 N–H and O–H groups in total. The highest BCUT2D eigenvalue weighted by Gasteiger charge is 2.38. The Morgan fingerprint density at radius 2 is 1.76 bits per heavy atom. The summed E-state index contributed by atoms with van der Waals surface area (Å²) < 4.78 is 0. The van der Waals surface area contributed by atoms with Crippen LogP contribution in [0.1, 0.15) is 32.6 Å². The van der Waals surface area contributed by atoms with E-state index in [1.807, 2.05) is 6.26 Å². The molecule has 0 aromatic heterocycles. The predicted octanol–water partition coefficient (Wildman–Crippen LogP) is -1.39. The first kappa shape index (κ1) is 24.7. The van der Waals surface area contributed by atoms with Crippen LogP contribution in [0.3, 0.4) is 0 Å². The summed E-state index contributed by atoms with van der Waals surface area (Å²) in [5.41, 5.74) is 5.45. The van der Waals surface area contributed by atoms with Crippen LogP contribution in [0.2, 0.25) is 0 Å². The molecule has 1 heterocycles. The molecule has 1 saturated heterocycles. The van der Waals surface area contributed by atoms with Crippen molar-refractivity contribution in [1.29, 1.82) is 0 Å². The molecule has 29 heavy (non-hydrogen) atoms.